The van der Waals surface area contributed by atoms with E-state index in [0.717, 1.165) is 0 Å². The number of carboxylic acids is 1. The molecule has 0 fully saturated rings. The quantitative estimate of drug-likeness (QED) is 0.744. The predicted molar refractivity (Wildman–Crippen MR) is 63.5 cm³/mol. The molecular weight excluding hydrogens is 239 g/mol. The summed E-state index contributed by atoms with van der Waals surface area (Å²) < 4.78 is 13.2. The van der Waals surface area contributed by atoms with Crippen LogP contribution in [0.15, 0.2) is 24.3 Å². The number of nitrogens with one attached hydrogen (secondary N) is 2. The molecule has 0 heterocycles. The molecule has 0 saturated carbocycles. The Morgan fingerprint density at radius 1 is 1.39 bits per heavy atom. The van der Waals surface area contributed by atoms with Gasteiger partial charge in [0.15, 0.2) is 0 Å². The molecule has 0 spiro atoms. The minimum Gasteiger partial charge on any atom is -0.481 e. The normalized spacial score (nSPS) is 11.7. The number of halogens is 1. The van der Waals surface area contributed by atoms with Gasteiger partial charge in [-0.3, -0.25) is 4.79 Å². The molecular formula is C12H15FN2O3. The number of amides is 2. The van der Waals surface area contributed by atoms with Gasteiger partial charge >= 0.3 is 12.0 Å². The summed E-state index contributed by atoms with van der Waals surface area (Å²) in [4.78, 5) is 21.8. The molecule has 0 aliphatic heterocycles. The van der Waals surface area contributed by atoms with E-state index in [9.17, 15) is 14.0 Å². The second kappa shape index (κ2) is 6.58. The van der Waals surface area contributed by atoms with Crippen LogP contribution in [-0.2, 0) is 11.3 Å². The van der Waals surface area contributed by atoms with Crippen LogP contribution in [0.5, 0.6) is 0 Å². The van der Waals surface area contributed by atoms with E-state index >= 15 is 0 Å². The Balaban J connectivity index is 2.38. The molecule has 1 atom stereocenters. The maximum Gasteiger partial charge on any atom is 0.315 e. The van der Waals surface area contributed by atoms with E-state index < -0.39 is 23.9 Å². The van der Waals surface area contributed by atoms with E-state index in [1.165, 1.54) is 6.07 Å². The molecule has 2 amide bonds. The zero-order valence-electron chi connectivity index (χ0n) is 9.94. The minimum absolute atomic E-state index is 0.0539. The van der Waals surface area contributed by atoms with E-state index in [-0.39, 0.29) is 13.0 Å². The van der Waals surface area contributed by atoms with Crippen LogP contribution >= 0.6 is 0 Å². The molecule has 0 aliphatic rings. The topological polar surface area (TPSA) is 78.4 Å². The van der Waals surface area contributed by atoms with E-state index in [1.54, 1.807) is 25.1 Å². The van der Waals surface area contributed by atoms with Crippen molar-refractivity contribution in [2.24, 2.45) is 0 Å². The number of carbonyl (C=O) groups is 2. The van der Waals surface area contributed by atoms with Crippen molar-refractivity contribution in [3.63, 3.8) is 0 Å². The zero-order valence-corrected chi connectivity index (χ0v) is 9.94. The third-order valence-corrected chi connectivity index (χ3v) is 2.26. The van der Waals surface area contributed by atoms with Crippen LogP contribution in [0.3, 0.4) is 0 Å². The SMILES string of the molecule is CC(CC(=O)O)NC(=O)NCc1ccccc1F. The second-order valence-electron chi connectivity index (χ2n) is 3.92. The molecule has 3 N–H and O–H groups in total. The smallest absolute Gasteiger partial charge is 0.315 e. The van der Waals surface area contributed by atoms with Crippen molar-refractivity contribution in [2.75, 3.05) is 0 Å². The summed E-state index contributed by atoms with van der Waals surface area (Å²) in [7, 11) is 0. The highest BCUT2D eigenvalue weighted by molar-refractivity contribution is 5.75. The average Bonchev–Trinajstić information content (AvgIpc) is 2.26. The fraction of sp³-hybridized carbons (Fsp3) is 0.333. The first-order valence-corrected chi connectivity index (χ1v) is 5.48. The molecule has 0 saturated heterocycles. The zero-order chi connectivity index (χ0) is 13.5. The molecule has 1 rings (SSSR count). The summed E-state index contributed by atoms with van der Waals surface area (Å²) in [6, 6.07) is 5.10. The van der Waals surface area contributed by atoms with Crippen LogP contribution < -0.4 is 10.6 Å². The van der Waals surface area contributed by atoms with Gasteiger partial charge in [0.05, 0.1) is 6.42 Å². The Labute approximate surface area is 104 Å². The lowest BCUT2D eigenvalue weighted by atomic mass is 10.2. The second-order valence-corrected chi connectivity index (χ2v) is 3.92. The molecule has 98 valence electrons. The third-order valence-electron chi connectivity index (χ3n) is 2.26. The van der Waals surface area contributed by atoms with Gasteiger partial charge in [-0.05, 0) is 13.0 Å². The van der Waals surface area contributed by atoms with Crippen LogP contribution in [-0.4, -0.2) is 23.1 Å². The van der Waals surface area contributed by atoms with Crippen molar-refractivity contribution < 1.29 is 19.1 Å². The van der Waals surface area contributed by atoms with E-state index in [2.05, 4.69) is 10.6 Å². The highest BCUT2D eigenvalue weighted by Crippen LogP contribution is 2.05. The van der Waals surface area contributed by atoms with Crippen LogP contribution in [0, 0.1) is 5.82 Å². The van der Waals surface area contributed by atoms with Crippen molar-refractivity contribution >= 4 is 12.0 Å². The van der Waals surface area contributed by atoms with E-state index in [1.807, 2.05) is 0 Å². The Morgan fingerprint density at radius 3 is 2.67 bits per heavy atom. The first-order chi connectivity index (χ1) is 8.49. The van der Waals surface area contributed by atoms with Crippen LogP contribution in [0.25, 0.3) is 0 Å². The van der Waals surface area contributed by atoms with Crippen molar-refractivity contribution in [1.82, 2.24) is 10.6 Å². The Kier molecular flexibility index (Phi) is 5.10. The lowest BCUT2D eigenvalue weighted by Gasteiger charge is -2.12. The highest BCUT2D eigenvalue weighted by atomic mass is 19.1. The van der Waals surface area contributed by atoms with Gasteiger partial charge in [0.25, 0.3) is 0 Å². The predicted octanol–water partition coefficient (Wildman–Crippen LogP) is 1.49. The summed E-state index contributed by atoms with van der Waals surface area (Å²) in [5.74, 6) is -1.38. The Bertz CT molecular complexity index is 437. The third kappa shape index (κ3) is 4.82. The van der Waals surface area contributed by atoms with Gasteiger partial charge in [0.1, 0.15) is 5.82 Å². The van der Waals surface area contributed by atoms with Gasteiger partial charge in [-0.1, -0.05) is 18.2 Å². The van der Waals surface area contributed by atoms with Gasteiger partial charge in [-0.25, -0.2) is 9.18 Å². The first-order valence-electron chi connectivity index (χ1n) is 5.48. The van der Waals surface area contributed by atoms with E-state index in [4.69, 9.17) is 5.11 Å². The molecule has 5 nitrogen and oxygen atoms in total. The average molecular weight is 254 g/mol. The summed E-state index contributed by atoms with van der Waals surface area (Å²) in [5, 5.41) is 13.4. The number of hydrogen-bond donors (Lipinski definition) is 3. The summed E-state index contributed by atoms with van der Waals surface area (Å²) in [6.07, 6.45) is -0.160. The number of rotatable bonds is 5. The molecule has 0 aliphatic carbocycles. The number of benzene rings is 1. The molecule has 0 radical (unpaired) electrons. The maximum absolute atomic E-state index is 13.2. The lowest BCUT2D eigenvalue weighted by Crippen LogP contribution is -2.41. The van der Waals surface area contributed by atoms with E-state index in [0.29, 0.717) is 5.56 Å². The Hall–Kier alpha value is -2.11. The number of carbonyl (C=O) groups excluding carboxylic acids is 1. The molecule has 1 aromatic rings. The van der Waals surface area contributed by atoms with Crippen molar-refractivity contribution in [3.05, 3.63) is 35.6 Å². The molecule has 1 unspecified atom stereocenters. The largest absolute Gasteiger partial charge is 0.481 e. The van der Waals surface area contributed by atoms with Crippen molar-refractivity contribution in [1.29, 1.82) is 0 Å². The van der Waals surface area contributed by atoms with Crippen LogP contribution in [0.2, 0.25) is 0 Å². The molecule has 6 heteroatoms. The van der Waals surface area contributed by atoms with Crippen molar-refractivity contribution in [3.8, 4) is 0 Å². The van der Waals surface area contributed by atoms with Crippen molar-refractivity contribution in [2.45, 2.75) is 25.9 Å². The fourth-order valence-corrected chi connectivity index (χ4v) is 1.41. The molecule has 18 heavy (non-hydrogen) atoms. The van der Waals surface area contributed by atoms with Gasteiger partial charge in [-0.2, -0.15) is 0 Å². The van der Waals surface area contributed by atoms with Crippen LogP contribution in [0.4, 0.5) is 9.18 Å². The standard InChI is InChI=1S/C12H15FN2O3/c1-8(6-11(16)17)15-12(18)14-7-9-4-2-3-5-10(9)13/h2-5,8H,6-7H2,1H3,(H,16,17)(H2,14,15,18). The molecule has 0 bridgehead atoms. The number of urea groups is 1. The first kappa shape index (κ1) is 14.0. The van der Waals surface area contributed by atoms with Gasteiger partial charge < -0.3 is 15.7 Å². The fourth-order valence-electron chi connectivity index (χ4n) is 1.41. The van der Waals surface area contributed by atoms with Crippen LogP contribution in [0.1, 0.15) is 18.9 Å². The van der Waals surface area contributed by atoms with Gasteiger partial charge in [0.2, 0.25) is 0 Å². The molecule has 1 aromatic carbocycles. The van der Waals surface area contributed by atoms with Gasteiger partial charge in [0, 0.05) is 18.2 Å². The Morgan fingerprint density at radius 2 is 2.06 bits per heavy atom. The highest BCUT2D eigenvalue weighted by Gasteiger charge is 2.10. The minimum atomic E-state index is -0.989. The maximum atomic E-state index is 13.2. The molecule has 0 aromatic heterocycles. The number of aliphatic carboxylic acids is 1. The number of carboxylic acid groups (broad SMARTS) is 1. The number of hydrogen-bond acceptors (Lipinski definition) is 2. The lowest BCUT2D eigenvalue weighted by molar-refractivity contribution is -0.137. The summed E-state index contributed by atoms with van der Waals surface area (Å²) in [5.41, 5.74) is 0.374. The monoisotopic (exact) mass is 254 g/mol. The summed E-state index contributed by atoms with van der Waals surface area (Å²) in [6.45, 7) is 1.63. The van der Waals surface area contributed by atoms with Gasteiger partial charge in [-0.15, -0.1) is 0 Å². The summed E-state index contributed by atoms with van der Waals surface area (Å²) >= 11 is 0.